The molecule has 0 saturated carbocycles. The summed E-state index contributed by atoms with van der Waals surface area (Å²) in [6.07, 6.45) is 1.23. The van der Waals surface area contributed by atoms with E-state index in [1.165, 1.54) is 0 Å². The van der Waals surface area contributed by atoms with Crippen molar-refractivity contribution < 1.29 is 9.53 Å². The average molecular weight is 292 g/mol. The van der Waals surface area contributed by atoms with Crippen molar-refractivity contribution in [2.45, 2.75) is 46.2 Å². The number of rotatable bonds is 6. The van der Waals surface area contributed by atoms with Crippen molar-refractivity contribution in [1.29, 1.82) is 0 Å². The minimum atomic E-state index is -0.0924. The van der Waals surface area contributed by atoms with Crippen LogP contribution in [0.25, 0.3) is 0 Å². The van der Waals surface area contributed by atoms with Crippen molar-refractivity contribution in [3.63, 3.8) is 0 Å². The van der Waals surface area contributed by atoms with Gasteiger partial charge in [0.05, 0.1) is 7.11 Å². The molecule has 0 radical (unpaired) electrons. The van der Waals surface area contributed by atoms with Crippen LogP contribution in [0.2, 0.25) is 0 Å². The summed E-state index contributed by atoms with van der Waals surface area (Å²) >= 11 is 0. The molecule has 0 bridgehead atoms. The largest absolute Gasteiger partial charge is 0.497 e. The zero-order valence-corrected chi connectivity index (χ0v) is 13.8. The van der Waals surface area contributed by atoms with Gasteiger partial charge in [-0.05, 0) is 29.5 Å². The van der Waals surface area contributed by atoms with Gasteiger partial charge in [0.25, 0.3) is 0 Å². The molecular weight excluding hydrogens is 264 g/mol. The van der Waals surface area contributed by atoms with Gasteiger partial charge in [0.2, 0.25) is 5.91 Å². The number of nitrogens with two attached hydrogens (primary N) is 1. The van der Waals surface area contributed by atoms with E-state index in [0.29, 0.717) is 13.0 Å². The number of carbonyl (C=O) groups excluding carboxylic acids is 1. The molecule has 0 heterocycles. The van der Waals surface area contributed by atoms with E-state index in [1.807, 2.05) is 31.3 Å². The molecule has 1 aromatic carbocycles. The number of hydrogen-bond acceptors (Lipinski definition) is 3. The maximum absolute atomic E-state index is 12.2. The molecule has 0 saturated heterocycles. The Morgan fingerprint density at radius 1 is 1.38 bits per heavy atom. The van der Waals surface area contributed by atoms with Crippen molar-refractivity contribution in [3.8, 4) is 5.75 Å². The number of benzene rings is 1. The van der Waals surface area contributed by atoms with E-state index in [2.05, 4.69) is 20.8 Å². The molecule has 118 valence electrons. The Labute approximate surface area is 128 Å². The van der Waals surface area contributed by atoms with Crippen LogP contribution in [0, 0.1) is 5.41 Å². The quantitative estimate of drug-likeness (QED) is 0.877. The van der Waals surface area contributed by atoms with Gasteiger partial charge in [-0.1, -0.05) is 32.9 Å². The van der Waals surface area contributed by atoms with Gasteiger partial charge in [-0.3, -0.25) is 4.79 Å². The minimum Gasteiger partial charge on any atom is -0.497 e. The Morgan fingerprint density at radius 2 is 2.05 bits per heavy atom. The highest BCUT2D eigenvalue weighted by atomic mass is 16.5. The van der Waals surface area contributed by atoms with Crippen molar-refractivity contribution in [3.05, 3.63) is 29.8 Å². The van der Waals surface area contributed by atoms with E-state index in [-0.39, 0.29) is 17.4 Å². The SMILES string of the molecule is COc1cccc(CN(C)C(=O)CC(N)CC(C)(C)C)c1. The molecule has 0 spiro atoms. The Kier molecular flexibility index (Phi) is 6.21. The monoisotopic (exact) mass is 292 g/mol. The van der Waals surface area contributed by atoms with Gasteiger partial charge in [-0.25, -0.2) is 0 Å². The molecule has 0 aromatic heterocycles. The van der Waals surface area contributed by atoms with E-state index < -0.39 is 0 Å². The number of methoxy groups -OCH3 is 1. The zero-order chi connectivity index (χ0) is 16.0. The third-order valence-electron chi connectivity index (χ3n) is 3.29. The lowest BCUT2D eigenvalue weighted by Gasteiger charge is -2.25. The summed E-state index contributed by atoms with van der Waals surface area (Å²) in [6.45, 7) is 6.98. The maximum atomic E-state index is 12.2. The number of nitrogens with zero attached hydrogens (tertiary/aromatic N) is 1. The fraction of sp³-hybridized carbons (Fsp3) is 0.588. The number of carbonyl (C=O) groups is 1. The van der Waals surface area contributed by atoms with Crippen molar-refractivity contribution in [2.24, 2.45) is 11.1 Å². The summed E-state index contributed by atoms with van der Waals surface area (Å²) < 4.78 is 5.19. The highest BCUT2D eigenvalue weighted by Gasteiger charge is 2.20. The van der Waals surface area contributed by atoms with Crippen molar-refractivity contribution in [1.82, 2.24) is 4.90 Å². The molecule has 1 unspecified atom stereocenters. The van der Waals surface area contributed by atoms with E-state index in [1.54, 1.807) is 12.0 Å². The van der Waals surface area contributed by atoms with Crippen LogP contribution < -0.4 is 10.5 Å². The Bertz CT molecular complexity index is 466. The predicted octanol–water partition coefficient (Wildman–Crippen LogP) is 2.81. The van der Waals surface area contributed by atoms with Gasteiger partial charge in [-0.15, -0.1) is 0 Å². The summed E-state index contributed by atoms with van der Waals surface area (Å²) in [4.78, 5) is 13.9. The summed E-state index contributed by atoms with van der Waals surface area (Å²) in [5.41, 5.74) is 7.26. The van der Waals surface area contributed by atoms with E-state index in [0.717, 1.165) is 17.7 Å². The first-order chi connectivity index (χ1) is 9.71. The van der Waals surface area contributed by atoms with Crippen LogP contribution in [-0.2, 0) is 11.3 Å². The van der Waals surface area contributed by atoms with Crippen LogP contribution in [0.15, 0.2) is 24.3 Å². The third kappa shape index (κ3) is 6.63. The van der Waals surface area contributed by atoms with E-state index >= 15 is 0 Å². The summed E-state index contributed by atoms with van der Waals surface area (Å²) in [5.74, 6) is 0.882. The lowest BCUT2D eigenvalue weighted by Crippen LogP contribution is -2.35. The normalized spacial score (nSPS) is 12.9. The first-order valence-electron chi connectivity index (χ1n) is 7.34. The van der Waals surface area contributed by atoms with Crippen LogP contribution in [0.4, 0.5) is 0 Å². The fourth-order valence-electron chi connectivity index (χ4n) is 2.37. The molecular formula is C17H28N2O2. The molecule has 4 heteroatoms. The van der Waals surface area contributed by atoms with Gasteiger partial charge in [0.15, 0.2) is 0 Å². The molecule has 2 N–H and O–H groups in total. The Hall–Kier alpha value is -1.55. The molecule has 1 amide bonds. The van der Waals surface area contributed by atoms with Gasteiger partial charge in [-0.2, -0.15) is 0 Å². The molecule has 0 fully saturated rings. The molecule has 0 aliphatic rings. The van der Waals surface area contributed by atoms with Crippen molar-refractivity contribution >= 4 is 5.91 Å². The molecule has 0 aliphatic heterocycles. The molecule has 4 nitrogen and oxygen atoms in total. The Balaban J connectivity index is 2.54. The second-order valence-electron chi connectivity index (χ2n) is 6.83. The zero-order valence-electron chi connectivity index (χ0n) is 13.8. The van der Waals surface area contributed by atoms with Crippen molar-refractivity contribution in [2.75, 3.05) is 14.2 Å². The number of ether oxygens (including phenoxy) is 1. The van der Waals surface area contributed by atoms with Crippen LogP contribution in [0.3, 0.4) is 0 Å². The molecule has 1 atom stereocenters. The summed E-state index contributed by atoms with van der Waals surface area (Å²) in [6, 6.07) is 7.66. The van der Waals surface area contributed by atoms with E-state index in [4.69, 9.17) is 10.5 Å². The maximum Gasteiger partial charge on any atom is 0.224 e. The summed E-state index contributed by atoms with van der Waals surface area (Å²) in [5, 5.41) is 0. The van der Waals surface area contributed by atoms with E-state index in [9.17, 15) is 4.79 Å². The smallest absolute Gasteiger partial charge is 0.224 e. The van der Waals surface area contributed by atoms with Crippen LogP contribution in [0.1, 0.15) is 39.2 Å². The minimum absolute atomic E-state index is 0.0783. The fourth-order valence-corrected chi connectivity index (χ4v) is 2.37. The first-order valence-corrected chi connectivity index (χ1v) is 7.34. The highest BCUT2D eigenvalue weighted by Crippen LogP contribution is 2.21. The lowest BCUT2D eigenvalue weighted by atomic mass is 9.87. The summed E-state index contributed by atoms with van der Waals surface area (Å²) in [7, 11) is 3.45. The van der Waals surface area contributed by atoms with Crippen LogP contribution >= 0.6 is 0 Å². The van der Waals surface area contributed by atoms with Gasteiger partial charge >= 0.3 is 0 Å². The highest BCUT2D eigenvalue weighted by molar-refractivity contribution is 5.76. The molecule has 0 aliphatic carbocycles. The predicted molar refractivity (Wildman–Crippen MR) is 86.1 cm³/mol. The first kappa shape index (κ1) is 17.5. The lowest BCUT2D eigenvalue weighted by molar-refractivity contribution is -0.130. The second-order valence-corrected chi connectivity index (χ2v) is 6.83. The van der Waals surface area contributed by atoms with Gasteiger partial charge in [0, 0.05) is 26.1 Å². The van der Waals surface area contributed by atoms with Gasteiger partial charge < -0.3 is 15.4 Å². The standard InChI is InChI=1S/C17H28N2O2/c1-17(2,3)11-14(18)10-16(20)19(4)12-13-7-6-8-15(9-13)21-5/h6-9,14H,10-12,18H2,1-5H3. The Morgan fingerprint density at radius 3 is 2.62 bits per heavy atom. The second kappa shape index (κ2) is 7.46. The van der Waals surface area contributed by atoms with Crippen LogP contribution in [-0.4, -0.2) is 31.0 Å². The van der Waals surface area contributed by atoms with Crippen LogP contribution in [0.5, 0.6) is 5.75 Å². The molecule has 1 rings (SSSR count). The molecule has 1 aromatic rings. The number of amides is 1. The van der Waals surface area contributed by atoms with Gasteiger partial charge in [0.1, 0.15) is 5.75 Å². The number of hydrogen-bond donors (Lipinski definition) is 1. The average Bonchev–Trinajstić information content (AvgIpc) is 2.36. The topological polar surface area (TPSA) is 55.6 Å². The third-order valence-corrected chi connectivity index (χ3v) is 3.29. The molecule has 21 heavy (non-hydrogen) atoms.